The zero-order chi connectivity index (χ0) is 13.0. The van der Waals surface area contributed by atoms with Gasteiger partial charge in [0, 0.05) is 11.7 Å². The van der Waals surface area contributed by atoms with Gasteiger partial charge in [0.1, 0.15) is 0 Å². The van der Waals surface area contributed by atoms with Crippen molar-refractivity contribution >= 4 is 0 Å². The minimum absolute atomic E-state index is 0.735. The first kappa shape index (κ1) is 13.6. The Kier molecular flexibility index (Phi) is 4.81. The molecule has 2 N–H and O–H groups in total. The summed E-state index contributed by atoms with van der Waals surface area (Å²) in [5, 5.41) is 10.8. The van der Waals surface area contributed by atoms with Gasteiger partial charge in [-0.05, 0) is 50.1 Å². The quantitative estimate of drug-likeness (QED) is 0.787. The van der Waals surface area contributed by atoms with Gasteiger partial charge in [-0.2, -0.15) is 5.10 Å². The van der Waals surface area contributed by atoms with Gasteiger partial charge in [-0.15, -0.1) is 0 Å². The number of nitrogens with one attached hydrogen (secondary N) is 2. The molecule has 3 heteroatoms. The Morgan fingerprint density at radius 2 is 2.22 bits per heavy atom. The van der Waals surface area contributed by atoms with Gasteiger partial charge in [0.15, 0.2) is 0 Å². The van der Waals surface area contributed by atoms with Crippen molar-refractivity contribution in [3.63, 3.8) is 0 Å². The number of aromatic amines is 1. The number of hydrogen-bond acceptors (Lipinski definition) is 2. The van der Waals surface area contributed by atoms with Crippen molar-refractivity contribution in [3.8, 4) is 0 Å². The second-order valence-electron chi connectivity index (χ2n) is 5.95. The number of aryl methyl sites for hydroxylation is 2. The van der Waals surface area contributed by atoms with Crippen LogP contribution in [0.3, 0.4) is 0 Å². The third-order valence-corrected chi connectivity index (χ3v) is 4.67. The molecule has 3 atom stereocenters. The molecule has 1 heterocycles. The maximum absolute atomic E-state index is 4.07. The lowest BCUT2D eigenvalue weighted by Crippen LogP contribution is -2.41. The van der Waals surface area contributed by atoms with E-state index in [4.69, 9.17) is 0 Å². The summed E-state index contributed by atoms with van der Waals surface area (Å²) in [6, 6.07) is 0.735. The Bertz CT molecular complexity index is 358. The maximum atomic E-state index is 4.07. The Morgan fingerprint density at radius 1 is 1.39 bits per heavy atom. The van der Waals surface area contributed by atoms with Crippen LogP contribution in [0.15, 0.2) is 6.20 Å². The van der Waals surface area contributed by atoms with Gasteiger partial charge in [0.2, 0.25) is 0 Å². The van der Waals surface area contributed by atoms with Crippen molar-refractivity contribution in [1.82, 2.24) is 15.5 Å². The van der Waals surface area contributed by atoms with Crippen LogP contribution in [0.4, 0.5) is 0 Å². The average molecular weight is 249 g/mol. The molecule has 18 heavy (non-hydrogen) atoms. The molecule has 0 aromatic carbocycles. The lowest BCUT2D eigenvalue weighted by molar-refractivity contribution is 0.207. The highest BCUT2D eigenvalue weighted by atomic mass is 15.1. The lowest BCUT2D eigenvalue weighted by Gasteiger charge is -2.34. The first-order chi connectivity index (χ1) is 8.68. The fourth-order valence-corrected chi connectivity index (χ4v) is 3.06. The topological polar surface area (TPSA) is 40.7 Å². The Balaban J connectivity index is 1.67. The van der Waals surface area contributed by atoms with E-state index >= 15 is 0 Å². The maximum Gasteiger partial charge on any atom is 0.0522 e. The average Bonchev–Trinajstić information content (AvgIpc) is 2.76. The van der Waals surface area contributed by atoms with Crippen LogP contribution < -0.4 is 5.32 Å². The molecule has 1 aliphatic rings. The summed E-state index contributed by atoms with van der Waals surface area (Å²) in [6.45, 7) is 8.03. The summed E-state index contributed by atoms with van der Waals surface area (Å²) in [5.74, 6) is 1.71. The van der Waals surface area contributed by atoms with E-state index in [1.807, 2.05) is 6.20 Å². The predicted molar refractivity (Wildman–Crippen MR) is 75.6 cm³/mol. The second-order valence-corrected chi connectivity index (χ2v) is 5.95. The molecule has 0 spiro atoms. The van der Waals surface area contributed by atoms with Gasteiger partial charge in [-0.1, -0.05) is 26.7 Å². The predicted octanol–water partition coefficient (Wildman–Crippen LogP) is 3.07. The summed E-state index contributed by atoms with van der Waals surface area (Å²) < 4.78 is 0. The SMILES string of the molecule is Cc1[nH]ncc1CCCNC1CCCC(C)C1C. The van der Waals surface area contributed by atoms with Crippen LogP contribution in [0.25, 0.3) is 0 Å². The van der Waals surface area contributed by atoms with Crippen LogP contribution >= 0.6 is 0 Å². The monoisotopic (exact) mass is 249 g/mol. The molecule has 0 saturated heterocycles. The molecule has 3 nitrogen and oxygen atoms in total. The van der Waals surface area contributed by atoms with Crippen LogP contribution in [0.1, 0.15) is 50.8 Å². The molecule has 0 bridgehead atoms. The van der Waals surface area contributed by atoms with Crippen LogP contribution in [0, 0.1) is 18.8 Å². The third-order valence-electron chi connectivity index (χ3n) is 4.67. The van der Waals surface area contributed by atoms with Crippen molar-refractivity contribution in [2.45, 2.75) is 58.9 Å². The van der Waals surface area contributed by atoms with Gasteiger partial charge < -0.3 is 5.32 Å². The highest BCUT2D eigenvalue weighted by Crippen LogP contribution is 2.29. The summed E-state index contributed by atoms with van der Waals surface area (Å²) in [4.78, 5) is 0. The van der Waals surface area contributed by atoms with E-state index in [1.165, 1.54) is 36.9 Å². The van der Waals surface area contributed by atoms with Gasteiger partial charge in [0.25, 0.3) is 0 Å². The van der Waals surface area contributed by atoms with Crippen molar-refractivity contribution in [3.05, 3.63) is 17.5 Å². The Labute approximate surface area is 111 Å². The summed E-state index contributed by atoms with van der Waals surface area (Å²) in [6.07, 6.45) is 8.46. The van der Waals surface area contributed by atoms with E-state index in [9.17, 15) is 0 Å². The van der Waals surface area contributed by atoms with Crippen molar-refractivity contribution in [1.29, 1.82) is 0 Å². The number of H-pyrrole nitrogens is 1. The van der Waals surface area contributed by atoms with Gasteiger partial charge in [-0.3, -0.25) is 5.10 Å². The molecular formula is C15H27N3. The molecule has 3 unspecified atom stereocenters. The van der Waals surface area contributed by atoms with Crippen LogP contribution in [0.5, 0.6) is 0 Å². The Hall–Kier alpha value is -0.830. The standard InChI is InChI=1S/C15H27N3/c1-11-6-4-8-15(12(11)2)16-9-5-7-14-10-17-18-13(14)3/h10-12,15-16H,4-9H2,1-3H3,(H,17,18). The van der Waals surface area contributed by atoms with E-state index < -0.39 is 0 Å². The fourth-order valence-electron chi connectivity index (χ4n) is 3.06. The van der Waals surface area contributed by atoms with E-state index in [0.29, 0.717) is 0 Å². The minimum atomic E-state index is 0.735. The molecule has 1 aromatic rings. The number of hydrogen-bond donors (Lipinski definition) is 2. The lowest BCUT2D eigenvalue weighted by atomic mass is 9.78. The first-order valence-corrected chi connectivity index (χ1v) is 7.40. The fraction of sp³-hybridized carbons (Fsp3) is 0.800. The van der Waals surface area contributed by atoms with E-state index in [2.05, 4.69) is 36.3 Å². The first-order valence-electron chi connectivity index (χ1n) is 7.40. The number of nitrogens with zero attached hydrogens (tertiary/aromatic N) is 1. The normalized spacial score (nSPS) is 28.5. The number of aromatic nitrogens is 2. The van der Waals surface area contributed by atoms with Crippen molar-refractivity contribution in [2.24, 2.45) is 11.8 Å². The summed E-state index contributed by atoms with van der Waals surface area (Å²) >= 11 is 0. The molecule has 1 fully saturated rings. The van der Waals surface area contributed by atoms with Crippen LogP contribution in [-0.4, -0.2) is 22.8 Å². The summed E-state index contributed by atoms with van der Waals surface area (Å²) in [7, 11) is 0. The molecule has 0 amide bonds. The highest BCUT2D eigenvalue weighted by Gasteiger charge is 2.26. The largest absolute Gasteiger partial charge is 0.314 e. The molecule has 0 aliphatic heterocycles. The molecule has 1 saturated carbocycles. The molecule has 1 aromatic heterocycles. The molecule has 2 rings (SSSR count). The van der Waals surface area contributed by atoms with Gasteiger partial charge in [0.05, 0.1) is 6.20 Å². The van der Waals surface area contributed by atoms with Crippen LogP contribution in [0.2, 0.25) is 0 Å². The Morgan fingerprint density at radius 3 is 2.94 bits per heavy atom. The minimum Gasteiger partial charge on any atom is -0.314 e. The van der Waals surface area contributed by atoms with Crippen molar-refractivity contribution in [2.75, 3.05) is 6.54 Å². The zero-order valence-electron chi connectivity index (χ0n) is 12.0. The zero-order valence-corrected chi connectivity index (χ0v) is 12.0. The summed E-state index contributed by atoms with van der Waals surface area (Å²) in [5.41, 5.74) is 2.58. The molecule has 1 aliphatic carbocycles. The molecule has 0 radical (unpaired) electrons. The smallest absolute Gasteiger partial charge is 0.0522 e. The van der Waals surface area contributed by atoms with Crippen LogP contribution in [-0.2, 0) is 6.42 Å². The third kappa shape index (κ3) is 3.35. The molecular weight excluding hydrogens is 222 g/mol. The molecule has 102 valence electrons. The number of rotatable bonds is 5. The highest BCUT2D eigenvalue weighted by molar-refractivity contribution is 5.14. The van der Waals surface area contributed by atoms with Gasteiger partial charge in [-0.25, -0.2) is 0 Å². The van der Waals surface area contributed by atoms with E-state index in [1.54, 1.807) is 0 Å². The van der Waals surface area contributed by atoms with Gasteiger partial charge >= 0.3 is 0 Å². The van der Waals surface area contributed by atoms with Crippen molar-refractivity contribution < 1.29 is 0 Å². The van der Waals surface area contributed by atoms with E-state index in [-0.39, 0.29) is 0 Å². The second kappa shape index (κ2) is 6.37. The van der Waals surface area contributed by atoms with E-state index in [0.717, 1.165) is 30.8 Å².